The second-order valence-electron chi connectivity index (χ2n) is 5.52. The predicted molar refractivity (Wildman–Crippen MR) is 88.3 cm³/mol. The van der Waals surface area contributed by atoms with E-state index in [0.717, 1.165) is 18.4 Å². The number of amides is 1. The highest BCUT2D eigenvalue weighted by Gasteiger charge is 2.43. The highest BCUT2D eigenvalue weighted by molar-refractivity contribution is 6.42. The number of carbonyl (C=O) groups excluding carboxylic acids is 1. The van der Waals surface area contributed by atoms with E-state index >= 15 is 0 Å². The molecule has 1 N–H and O–H groups in total. The van der Waals surface area contributed by atoms with Crippen LogP contribution in [-0.4, -0.2) is 17.4 Å². The van der Waals surface area contributed by atoms with E-state index in [2.05, 4.69) is 10.3 Å². The Morgan fingerprint density at radius 2 is 1.95 bits per heavy atom. The van der Waals surface area contributed by atoms with E-state index in [4.69, 9.17) is 23.2 Å². The lowest BCUT2D eigenvalue weighted by atomic mass is 10.1. The highest BCUT2D eigenvalue weighted by atomic mass is 35.5. The quantitative estimate of drug-likeness (QED) is 0.902. The molecule has 22 heavy (non-hydrogen) atoms. The lowest BCUT2D eigenvalue weighted by Crippen LogP contribution is -2.27. The summed E-state index contributed by atoms with van der Waals surface area (Å²) in [6, 6.07) is 9.52. The van der Waals surface area contributed by atoms with Crippen LogP contribution in [0.3, 0.4) is 0 Å². The number of pyridine rings is 1. The molecule has 2 atom stereocenters. The summed E-state index contributed by atoms with van der Waals surface area (Å²) < 4.78 is 0. The molecule has 0 saturated heterocycles. The molecule has 3 nitrogen and oxygen atoms in total. The first-order chi connectivity index (χ1) is 10.6. The molecule has 1 aliphatic rings. The van der Waals surface area contributed by atoms with Crippen LogP contribution in [0.2, 0.25) is 10.0 Å². The maximum atomic E-state index is 12.1. The molecule has 1 fully saturated rings. The second kappa shape index (κ2) is 6.67. The van der Waals surface area contributed by atoms with Crippen LogP contribution in [0.1, 0.15) is 23.5 Å². The summed E-state index contributed by atoms with van der Waals surface area (Å²) in [4.78, 5) is 16.1. The van der Waals surface area contributed by atoms with E-state index in [1.807, 2.05) is 24.3 Å². The number of rotatable bonds is 5. The lowest BCUT2D eigenvalue weighted by molar-refractivity contribution is -0.122. The number of hydrogen-bond acceptors (Lipinski definition) is 2. The molecule has 0 radical (unpaired) electrons. The van der Waals surface area contributed by atoms with Crippen LogP contribution in [0.25, 0.3) is 0 Å². The number of hydrogen-bond donors (Lipinski definition) is 1. The summed E-state index contributed by atoms with van der Waals surface area (Å²) in [5.41, 5.74) is 2.26. The Bertz CT molecular complexity index is 676. The monoisotopic (exact) mass is 334 g/mol. The Hall–Kier alpha value is -1.58. The zero-order chi connectivity index (χ0) is 15.5. The summed E-state index contributed by atoms with van der Waals surface area (Å²) in [5, 5.41) is 4.09. The van der Waals surface area contributed by atoms with Crippen LogP contribution < -0.4 is 5.32 Å². The molecule has 0 bridgehead atoms. The van der Waals surface area contributed by atoms with E-state index in [9.17, 15) is 4.79 Å². The van der Waals surface area contributed by atoms with Crippen molar-refractivity contribution in [3.63, 3.8) is 0 Å². The summed E-state index contributed by atoms with van der Waals surface area (Å²) >= 11 is 11.9. The van der Waals surface area contributed by atoms with Gasteiger partial charge in [0.1, 0.15) is 0 Å². The number of aromatic nitrogens is 1. The zero-order valence-corrected chi connectivity index (χ0v) is 13.4. The molecule has 2 unspecified atom stereocenters. The van der Waals surface area contributed by atoms with Crippen molar-refractivity contribution in [1.29, 1.82) is 0 Å². The topological polar surface area (TPSA) is 42.0 Å². The summed E-state index contributed by atoms with van der Waals surface area (Å²) in [7, 11) is 0. The van der Waals surface area contributed by atoms with Gasteiger partial charge in [0.2, 0.25) is 5.91 Å². The summed E-state index contributed by atoms with van der Waals surface area (Å²) in [5.74, 6) is 0.426. The van der Waals surface area contributed by atoms with Gasteiger partial charge in [-0.1, -0.05) is 29.3 Å². The van der Waals surface area contributed by atoms with Gasteiger partial charge in [0.15, 0.2) is 0 Å². The number of benzene rings is 1. The molecule has 1 heterocycles. The molecule has 3 rings (SSSR count). The third-order valence-electron chi connectivity index (χ3n) is 3.96. The zero-order valence-electron chi connectivity index (χ0n) is 11.9. The summed E-state index contributed by atoms with van der Waals surface area (Å²) in [6.07, 6.45) is 5.22. The van der Waals surface area contributed by atoms with Gasteiger partial charge in [-0.15, -0.1) is 0 Å². The number of carbonyl (C=O) groups is 1. The highest BCUT2D eigenvalue weighted by Crippen LogP contribution is 2.48. The fraction of sp³-hybridized carbons (Fsp3) is 0.294. The molecule has 1 aliphatic carbocycles. The standard InChI is InChI=1S/C17H16Cl2N2O/c18-15-2-1-12(9-16(15)19)13-10-14(13)17(22)21-8-5-11-3-6-20-7-4-11/h1-4,6-7,9,13-14H,5,8,10H2,(H,21,22). The average Bonchev–Trinajstić information content (AvgIpc) is 3.32. The van der Waals surface area contributed by atoms with Gasteiger partial charge < -0.3 is 5.32 Å². The molecule has 0 aliphatic heterocycles. The van der Waals surface area contributed by atoms with Gasteiger partial charge in [-0.05, 0) is 54.2 Å². The Morgan fingerprint density at radius 1 is 1.18 bits per heavy atom. The first-order valence-electron chi connectivity index (χ1n) is 7.26. The van der Waals surface area contributed by atoms with Crippen molar-refractivity contribution in [2.75, 3.05) is 6.54 Å². The summed E-state index contributed by atoms with van der Waals surface area (Å²) in [6.45, 7) is 0.646. The predicted octanol–water partition coefficient (Wildman–Crippen LogP) is 3.85. The number of nitrogens with one attached hydrogen (secondary N) is 1. The van der Waals surface area contributed by atoms with Gasteiger partial charge >= 0.3 is 0 Å². The average molecular weight is 335 g/mol. The van der Waals surface area contributed by atoms with Crippen LogP contribution >= 0.6 is 23.2 Å². The maximum Gasteiger partial charge on any atom is 0.223 e. The van der Waals surface area contributed by atoms with Gasteiger partial charge in [0, 0.05) is 24.9 Å². The van der Waals surface area contributed by atoms with Gasteiger partial charge in [0.25, 0.3) is 0 Å². The molecule has 0 spiro atoms. The van der Waals surface area contributed by atoms with Gasteiger partial charge in [-0.25, -0.2) is 0 Å². The van der Waals surface area contributed by atoms with E-state index < -0.39 is 0 Å². The van der Waals surface area contributed by atoms with Gasteiger partial charge in [-0.2, -0.15) is 0 Å². The maximum absolute atomic E-state index is 12.1. The Balaban J connectivity index is 1.49. The molecule has 1 aromatic heterocycles. The minimum atomic E-state index is 0.0506. The Morgan fingerprint density at radius 3 is 2.68 bits per heavy atom. The van der Waals surface area contributed by atoms with Crippen molar-refractivity contribution in [3.05, 3.63) is 63.9 Å². The Kier molecular flexibility index (Phi) is 4.65. The van der Waals surface area contributed by atoms with Crippen molar-refractivity contribution >= 4 is 29.1 Å². The van der Waals surface area contributed by atoms with E-state index in [-0.39, 0.29) is 17.7 Å². The third-order valence-corrected chi connectivity index (χ3v) is 4.70. The second-order valence-corrected chi connectivity index (χ2v) is 6.33. The van der Waals surface area contributed by atoms with E-state index in [0.29, 0.717) is 16.6 Å². The van der Waals surface area contributed by atoms with Crippen LogP contribution in [0, 0.1) is 5.92 Å². The Labute approximate surface area is 139 Å². The smallest absolute Gasteiger partial charge is 0.223 e. The molecule has 2 aromatic rings. The minimum absolute atomic E-state index is 0.0506. The number of nitrogens with zero attached hydrogens (tertiary/aromatic N) is 1. The van der Waals surface area contributed by atoms with Crippen LogP contribution in [0.4, 0.5) is 0 Å². The van der Waals surface area contributed by atoms with Crippen molar-refractivity contribution in [2.24, 2.45) is 5.92 Å². The number of halogens is 2. The normalized spacial score (nSPS) is 19.7. The van der Waals surface area contributed by atoms with E-state index in [1.165, 1.54) is 5.56 Å². The SMILES string of the molecule is O=C(NCCc1ccncc1)C1CC1c1ccc(Cl)c(Cl)c1. The first kappa shape index (κ1) is 15.3. The van der Waals surface area contributed by atoms with Gasteiger partial charge in [0.05, 0.1) is 10.0 Å². The van der Waals surface area contributed by atoms with Crippen LogP contribution in [0.5, 0.6) is 0 Å². The fourth-order valence-corrected chi connectivity index (χ4v) is 2.91. The van der Waals surface area contributed by atoms with Gasteiger partial charge in [-0.3, -0.25) is 9.78 Å². The molecule has 1 amide bonds. The minimum Gasteiger partial charge on any atom is -0.356 e. The molecule has 1 saturated carbocycles. The largest absolute Gasteiger partial charge is 0.356 e. The molecule has 1 aromatic carbocycles. The third kappa shape index (κ3) is 3.60. The van der Waals surface area contributed by atoms with Crippen LogP contribution in [-0.2, 0) is 11.2 Å². The van der Waals surface area contributed by atoms with E-state index in [1.54, 1.807) is 18.5 Å². The molecule has 114 valence electrons. The molecule has 5 heteroatoms. The van der Waals surface area contributed by atoms with Crippen LogP contribution in [0.15, 0.2) is 42.7 Å². The van der Waals surface area contributed by atoms with Crippen molar-refractivity contribution < 1.29 is 4.79 Å². The van der Waals surface area contributed by atoms with Crippen molar-refractivity contribution in [3.8, 4) is 0 Å². The molecular weight excluding hydrogens is 319 g/mol. The fourth-order valence-electron chi connectivity index (χ4n) is 2.61. The lowest BCUT2D eigenvalue weighted by Gasteiger charge is -2.06. The first-order valence-corrected chi connectivity index (χ1v) is 8.02. The van der Waals surface area contributed by atoms with Crippen molar-refractivity contribution in [2.45, 2.75) is 18.8 Å². The molecular formula is C17H16Cl2N2O. The van der Waals surface area contributed by atoms with Crippen molar-refractivity contribution in [1.82, 2.24) is 10.3 Å².